The van der Waals surface area contributed by atoms with Crippen LogP contribution in [0.1, 0.15) is 25.3 Å². The number of halogens is 1. The van der Waals surface area contributed by atoms with Crippen molar-refractivity contribution in [3.8, 4) is 17.5 Å². The number of nitrogens with zero attached hydrogens (tertiary/aromatic N) is 5. The van der Waals surface area contributed by atoms with Gasteiger partial charge in [-0.1, -0.05) is 36.3 Å². The number of hydrogen-bond donors (Lipinski definition) is 1. The van der Waals surface area contributed by atoms with Crippen molar-refractivity contribution in [1.82, 2.24) is 18.7 Å². The fourth-order valence-electron chi connectivity index (χ4n) is 4.73. The van der Waals surface area contributed by atoms with Crippen molar-refractivity contribution in [2.24, 2.45) is 5.73 Å². The van der Waals surface area contributed by atoms with Crippen molar-refractivity contribution >= 4 is 17.1 Å². The van der Waals surface area contributed by atoms with Gasteiger partial charge in [-0.05, 0) is 49.6 Å². The molecule has 0 saturated carbocycles. The first kappa shape index (κ1) is 23.6. The first-order chi connectivity index (χ1) is 17.5. The Kier molecular flexibility index (Phi) is 6.44. The number of para-hydroxylation sites is 1. The molecule has 0 spiro atoms. The van der Waals surface area contributed by atoms with E-state index < -0.39 is 17.1 Å². The third-order valence-electron chi connectivity index (χ3n) is 6.41. The molecule has 1 aliphatic rings. The summed E-state index contributed by atoms with van der Waals surface area (Å²) in [6, 6.07) is 15.0. The highest BCUT2D eigenvalue weighted by atomic mass is 19.1. The normalized spacial score (nSPS) is 15.6. The maximum Gasteiger partial charge on any atom is 0.337 e. The molecule has 1 fully saturated rings. The number of anilines is 1. The quantitative estimate of drug-likeness (QED) is 0.438. The summed E-state index contributed by atoms with van der Waals surface area (Å²) >= 11 is 0. The zero-order chi connectivity index (χ0) is 25.2. The van der Waals surface area contributed by atoms with Gasteiger partial charge in [0.05, 0.1) is 18.8 Å². The first-order valence-electron chi connectivity index (χ1n) is 11.9. The second-order valence-corrected chi connectivity index (χ2v) is 8.92. The molecule has 5 rings (SSSR count). The molecule has 8 nitrogen and oxygen atoms in total. The number of piperidine rings is 1. The molecule has 2 aromatic carbocycles. The minimum absolute atomic E-state index is 0.00905. The number of nitrogens with two attached hydrogens (primary N) is 1. The molecule has 0 unspecified atom stereocenters. The summed E-state index contributed by atoms with van der Waals surface area (Å²) in [7, 11) is 0. The summed E-state index contributed by atoms with van der Waals surface area (Å²) in [4.78, 5) is 34.5. The molecule has 0 bridgehead atoms. The Hall–Kier alpha value is -4.16. The second-order valence-electron chi connectivity index (χ2n) is 8.92. The monoisotopic (exact) mass is 486 g/mol. The Morgan fingerprint density at radius 3 is 2.64 bits per heavy atom. The van der Waals surface area contributed by atoms with Gasteiger partial charge < -0.3 is 10.6 Å². The zero-order valence-electron chi connectivity index (χ0n) is 20.0. The summed E-state index contributed by atoms with van der Waals surface area (Å²) in [5, 5.41) is 0. The standard InChI is InChI=1S/C27H27FN6O2/c1-2-3-15-32-23-24(30-26(32)31-14-8-11-21(29)18-31)34(22-12-5-4-6-13-22)27(36)33(25(23)35)17-19-9-7-10-20(28)16-19/h4-7,9-10,12-13,16,21H,8,11,14-15,17-18,29H2,1H3/t21-/m1/s1. The molecule has 9 heteroatoms. The van der Waals surface area contributed by atoms with E-state index in [9.17, 15) is 14.0 Å². The van der Waals surface area contributed by atoms with E-state index in [-0.39, 0.29) is 30.3 Å². The molecule has 2 aromatic heterocycles. The lowest BCUT2D eigenvalue weighted by Crippen LogP contribution is -2.44. The van der Waals surface area contributed by atoms with Crippen molar-refractivity contribution in [2.75, 3.05) is 18.0 Å². The highest BCUT2D eigenvalue weighted by molar-refractivity contribution is 5.76. The van der Waals surface area contributed by atoms with E-state index in [1.807, 2.05) is 18.2 Å². The van der Waals surface area contributed by atoms with E-state index in [1.165, 1.54) is 16.7 Å². The molecule has 1 aliphatic heterocycles. The summed E-state index contributed by atoms with van der Waals surface area (Å²) in [6.45, 7) is 3.22. The van der Waals surface area contributed by atoms with Crippen molar-refractivity contribution in [3.63, 3.8) is 0 Å². The summed E-state index contributed by atoms with van der Waals surface area (Å²) in [5.41, 5.74) is 6.82. The van der Waals surface area contributed by atoms with Crippen LogP contribution in [0.2, 0.25) is 0 Å². The fourth-order valence-corrected chi connectivity index (χ4v) is 4.73. The van der Waals surface area contributed by atoms with Gasteiger partial charge in [0.1, 0.15) is 5.82 Å². The molecule has 0 amide bonds. The van der Waals surface area contributed by atoms with E-state index in [4.69, 9.17) is 10.7 Å². The lowest BCUT2D eigenvalue weighted by molar-refractivity contribution is 0.496. The van der Waals surface area contributed by atoms with E-state index in [1.54, 1.807) is 35.8 Å². The molecule has 2 N–H and O–H groups in total. The van der Waals surface area contributed by atoms with Crippen LogP contribution in [0.5, 0.6) is 0 Å². The number of aromatic nitrogens is 4. The fraction of sp³-hybridized carbons (Fsp3) is 0.296. The summed E-state index contributed by atoms with van der Waals surface area (Å²) in [6.07, 6.45) is 1.82. The SMILES string of the molecule is CC#CCn1c(N2CCC[C@@H](N)C2)nc2c1c(=O)n(Cc1cccc(F)c1)c(=O)n2-c1ccccc1. The van der Waals surface area contributed by atoms with Gasteiger partial charge >= 0.3 is 5.69 Å². The Morgan fingerprint density at radius 2 is 1.92 bits per heavy atom. The van der Waals surface area contributed by atoms with Gasteiger partial charge in [-0.3, -0.25) is 13.9 Å². The van der Waals surface area contributed by atoms with Gasteiger partial charge in [0.25, 0.3) is 5.56 Å². The maximum absolute atomic E-state index is 13.9. The van der Waals surface area contributed by atoms with Crippen LogP contribution in [0.3, 0.4) is 0 Å². The Balaban J connectivity index is 1.82. The maximum atomic E-state index is 13.9. The molecule has 36 heavy (non-hydrogen) atoms. The second kappa shape index (κ2) is 9.84. The topological polar surface area (TPSA) is 91.1 Å². The van der Waals surface area contributed by atoms with E-state index >= 15 is 0 Å². The molecule has 0 aliphatic carbocycles. The number of hydrogen-bond acceptors (Lipinski definition) is 5. The van der Waals surface area contributed by atoms with Crippen LogP contribution < -0.4 is 21.9 Å². The highest BCUT2D eigenvalue weighted by Gasteiger charge is 2.27. The Labute approximate surface area is 207 Å². The lowest BCUT2D eigenvalue weighted by Gasteiger charge is -2.31. The van der Waals surface area contributed by atoms with E-state index in [0.717, 1.165) is 24.0 Å². The van der Waals surface area contributed by atoms with Gasteiger partial charge in [0, 0.05) is 19.1 Å². The largest absolute Gasteiger partial charge is 0.341 e. The van der Waals surface area contributed by atoms with Gasteiger partial charge in [0.15, 0.2) is 11.2 Å². The summed E-state index contributed by atoms with van der Waals surface area (Å²) < 4.78 is 18.2. The average Bonchev–Trinajstić information content (AvgIpc) is 3.25. The van der Waals surface area contributed by atoms with Crippen LogP contribution in [0.15, 0.2) is 64.2 Å². The van der Waals surface area contributed by atoms with E-state index in [0.29, 0.717) is 23.7 Å². The van der Waals surface area contributed by atoms with Crippen molar-refractivity contribution in [1.29, 1.82) is 0 Å². The zero-order valence-corrected chi connectivity index (χ0v) is 20.0. The van der Waals surface area contributed by atoms with Crippen LogP contribution in [0.4, 0.5) is 10.3 Å². The predicted octanol–water partition coefficient (Wildman–Crippen LogP) is 2.49. The number of benzene rings is 2. The lowest BCUT2D eigenvalue weighted by atomic mass is 10.1. The molecule has 4 aromatic rings. The van der Waals surface area contributed by atoms with Crippen molar-refractivity contribution in [2.45, 2.75) is 38.9 Å². The Bertz CT molecular complexity index is 1590. The van der Waals surface area contributed by atoms with Gasteiger partial charge in [-0.2, -0.15) is 4.98 Å². The average molecular weight is 487 g/mol. The van der Waals surface area contributed by atoms with Crippen LogP contribution in [-0.2, 0) is 13.1 Å². The van der Waals surface area contributed by atoms with Crippen molar-refractivity contribution in [3.05, 3.63) is 86.8 Å². The highest BCUT2D eigenvalue weighted by Crippen LogP contribution is 2.24. The van der Waals surface area contributed by atoms with Gasteiger partial charge in [-0.25, -0.2) is 13.8 Å². The molecular weight excluding hydrogens is 459 g/mol. The third kappa shape index (κ3) is 4.32. The first-order valence-corrected chi connectivity index (χ1v) is 11.9. The number of fused-ring (bicyclic) bond motifs is 1. The molecule has 1 atom stereocenters. The smallest absolute Gasteiger partial charge is 0.337 e. The number of rotatable bonds is 5. The van der Waals surface area contributed by atoms with Gasteiger partial charge in [0.2, 0.25) is 5.95 Å². The molecule has 184 valence electrons. The van der Waals surface area contributed by atoms with Crippen LogP contribution in [-0.4, -0.2) is 37.8 Å². The molecule has 3 heterocycles. The Morgan fingerprint density at radius 1 is 1.11 bits per heavy atom. The van der Waals surface area contributed by atoms with Crippen LogP contribution in [0.25, 0.3) is 16.9 Å². The van der Waals surface area contributed by atoms with Crippen LogP contribution in [0, 0.1) is 17.7 Å². The summed E-state index contributed by atoms with van der Waals surface area (Å²) in [5.74, 6) is 6.06. The minimum Gasteiger partial charge on any atom is -0.341 e. The van der Waals surface area contributed by atoms with Crippen molar-refractivity contribution < 1.29 is 4.39 Å². The molecule has 0 radical (unpaired) electrons. The van der Waals surface area contributed by atoms with E-state index in [2.05, 4.69) is 16.7 Å². The predicted molar refractivity (Wildman–Crippen MR) is 138 cm³/mol. The minimum atomic E-state index is -0.545. The molecular formula is C27H27FN6O2. The van der Waals surface area contributed by atoms with Crippen LogP contribution >= 0.6 is 0 Å². The van der Waals surface area contributed by atoms with Gasteiger partial charge in [-0.15, -0.1) is 5.92 Å². The third-order valence-corrected chi connectivity index (χ3v) is 6.41. The molecule has 1 saturated heterocycles. The number of imidazole rings is 1.